The second-order valence-corrected chi connectivity index (χ2v) is 5.29. The van der Waals surface area contributed by atoms with Crippen LogP contribution in [-0.4, -0.2) is 22.9 Å². The van der Waals surface area contributed by atoms with Crippen molar-refractivity contribution in [1.82, 2.24) is 9.55 Å². The first-order valence-corrected chi connectivity index (χ1v) is 7.63. The van der Waals surface area contributed by atoms with Crippen LogP contribution in [0.15, 0.2) is 41.0 Å². The molecule has 0 aliphatic heterocycles. The van der Waals surface area contributed by atoms with Crippen molar-refractivity contribution in [3.63, 3.8) is 0 Å². The number of anilines is 1. The van der Waals surface area contributed by atoms with Crippen LogP contribution >= 0.6 is 0 Å². The highest BCUT2D eigenvalue weighted by Gasteiger charge is 2.09. The maximum atomic E-state index is 12.4. The zero-order valence-electron chi connectivity index (χ0n) is 13.7. The normalized spacial score (nSPS) is 11.3. The number of carbonyl (C=O) groups excluding carboxylic acids is 1. The lowest BCUT2D eigenvalue weighted by atomic mass is 10.1. The van der Waals surface area contributed by atoms with Gasteiger partial charge in [0.05, 0.1) is 5.69 Å². The van der Waals surface area contributed by atoms with Gasteiger partial charge in [0.2, 0.25) is 0 Å². The van der Waals surface area contributed by atoms with E-state index in [0.29, 0.717) is 12.0 Å². The number of hydrogen-bond acceptors (Lipinski definition) is 4. The maximum Gasteiger partial charge on any atom is 0.257 e. The number of pyridine rings is 2. The average molecular weight is 311 g/mol. The van der Waals surface area contributed by atoms with Crippen molar-refractivity contribution in [2.75, 3.05) is 12.4 Å². The Hall–Kier alpha value is -2.69. The number of allylic oxidation sites excluding steroid dienone is 1. The van der Waals surface area contributed by atoms with Crippen molar-refractivity contribution in [3.05, 3.63) is 57.8 Å². The van der Waals surface area contributed by atoms with Crippen LogP contribution in [0.3, 0.4) is 0 Å². The second-order valence-electron chi connectivity index (χ2n) is 5.29. The van der Waals surface area contributed by atoms with Gasteiger partial charge in [0, 0.05) is 42.5 Å². The van der Waals surface area contributed by atoms with E-state index >= 15 is 0 Å². The summed E-state index contributed by atoms with van der Waals surface area (Å²) < 4.78 is 1.57. The highest BCUT2D eigenvalue weighted by molar-refractivity contribution is 5.83. The smallest absolute Gasteiger partial charge is 0.257 e. The molecule has 23 heavy (non-hydrogen) atoms. The van der Waals surface area contributed by atoms with Crippen molar-refractivity contribution in [2.24, 2.45) is 0 Å². The minimum absolute atomic E-state index is 0.139. The number of nitrogens with one attached hydrogen (secondary N) is 1. The van der Waals surface area contributed by atoms with Gasteiger partial charge in [0.25, 0.3) is 5.56 Å². The molecule has 1 N–H and O–H groups in total. The van der Waals surface area contributed by atoms with Gasteiger partial charge in [-0.25, -0.2) is 0 Å². The Kier molecular flexibility index (Phi) is 5.46. The first kappa shape index (κ1) is 16.7. The number of carbonyl (C=O) groups is 1. The summed E-state index contributed by atoms with van der Waals surface area (Å²) in [4.78, 5) is 27.9. The van der Waals surface area contributed by atoms with Crippen LogP contribution in [0, 0.1) is 6.92 Å². The summed E-state index contributed by atoms with van der Waals surface area (Å²) >= 11 is 0. The Morgan fingerprint density at radius 2 is 2.17 bits per heavy atom. The maximum absolute atomic E-state index is 12.4. The van der Waals surface area contributed by atoms with Crippen LogP contribution in [0.25, 0.3) is 11.8 Å². The van der Waals surface area contributed by atoms with Crippen molar-refractivity contribution >= 4 is 18.0 Å². The fourth-order valence-electron chi connectivity index (χ4n) is 2.43. The monoisotopic (exact) mass is 311 g/mol. The summed E-state index contributed by atoms with van der Waals surface area (Å²) in [5.41, 5.74) is 3.61. The first-order valence-electron chi connectivity index (χ1n) is 7.63. The molecule has 0 saturated heterocycles. The highest BCUT2D eigenvalue weighted by atomic mass is 16.1. The van der Waals surface area contributed by atoms with Crippen LogP contribution in [0.5, 0.6) is 0 Å². The number of aldehydes is 1. The van der Waals surface area contributed by atoms with Crippen LogP contribution in [-0.2, 0) is 4.79 Å². The third kappa shape index (κ3) is 3.74. The molecular formula is C18H21N3O2. The third-order valence-corrected chi connectivity index (χ3v) is 3.65. The number of rotatable bonds is 6. The summed E-state index contributed by atoms with van der Waals surface area (Å²) in [5.74, 6) is 0. The molecule has 2 aromatic rings. The Morgan fingerprint density at radius 3 is 2.78 bits per heavy atom. The van der Waals surface area contributed by atoms with E-state index in [-0.39, 0.29) is 5.56 Å². The quantitative estimate of drug-likeness (QED) is 0.658. The predicted molar refractivity (Wildman–Crippen MR) is 93.1 cm³/mol. The van der Waals surface area contributed by atoms with Crippen molar-refractivity contribution < 1.29 is 4.79 Å². The van der Waals surface area contributed by atoms with Crippen molar-refractivity contribution in [1.29, 1.82) is 0 Å². The molecule has 5 heteroatoms. The zero-order chi connectivity index (χ0) is 16.8. The van der Waals surface area contributed by atoms with Gasteiger partial charge in [-0.2, -0.15) is 0 Å². The van der Waals surface area contributed by atoms with E-state index in [1.165, 1.54) is 6.07 Å². The standard InChI is InChI=1S/C18H21N3O2/c1-4-5-14(12-22)10-16-13(2)20-8-6-17(16)21-9-7-15(19-3)11-18(21)23/h6-12,19H,4-5H2,1-3H3/b14-10+. The molecule has 0 spiro atoms. The summed E-state index contributed by atoms with van der Waals surface area (Å²) in [7, 11) is 1.77. The van der Waals surface area contributed by atoms with Gasteiger partial charge in [-0.3, -0.25) is 19.1 Å². The number of aromatic nitrogens is 2. The lowest BCUT2D eigenvalue weighted by molar-refractivity contribution is -0.105. The third-order valence-electron chi connectivity index (χ3n) is 3.65. The molecule has 120 valence electrons. The van der Waals surface area contributed by atoms with Crippen LogP contribution in [0.2, 0.25) is 0 Å². The summed E-state index contributed by atoms with van der Waals surface area (Å²) in [6.45, 7) is 3.89. The molecule has 2 rings (SSSR count). The number of nitrogens with zero attached hydrogens (tertiary/aromatic N) is 2. The van der Waals surface area contributed by atoms with E-state index in [4.69, 9.17) is 0 Å². The predicted octanol–water partition coefficient (Wildman–Crippen LogP) is 2.97. The first-order chi connectivity index (χ1) is 11.1. The Morgan fingerprint density at radius 1 is 1.39 bits per heavy atom. The number of aryl methyl sites for hydroxylation is 1. The Bertz CT molecular complexity index is 791. The van der Waals surface area contributed by atoms with Gasteiger partial charge >= 0.3 is 0 Å². The van der Waals surface area contributed by atoms with Crippen LogP contribution < -0.4 is 10.9 Å². The molecule has 0 saturated carbocycles. The van der Waals surface area contributed by atoms with E-state index in [9.17, 15) is 9.59 Å². The summed E-state index contributed by atoms with van der Waals surface area (Å²) in [6.07, 6.45) is 7.67. The van der Waals surface area contributed by atoms with Gasteiger partial charge < -0.3 is 5.32 Å². The fourth-order valence-corrected chi connectivity index (χ4v) is 2.43. The fraction of sp³-hybridized carbons (Fsp3) is 0.278. The minimum Gasteiger partial charge on any atom is -0.388 e. The van der Waals surface area contributed by atoms with Gasteiger partial charge in [0.1, 0.15) is 6.29 Å². The molecule has 0 fully saturated rings. The van der Waals surface area contributed by atoms with Crippen LogP contribution in [0.4, 0.5) is 5.69 Å². The molecule has 5 nitrogen and oxygen atoms in total. The molecule has 0 atom stereocenters. The zero-order valence-corrected chi connectivity index (χ0v) is 13.7. The molecule has 0 amide bonds. The molecular weight excluding hydrogens is 290 g/mol. The second kappa shape index (κ2) is 7.54. The molecule has 0 bridgehead atoms. The van der Waals surface area contributed by atoms with Gasteiger partial charge in [0.15, 0.2) is 0 Å². The van der Waals surface area contributed by atoms with E-state index in [0.717, 1.165) is 35.3 Å². The molecule has 0 radical (unpaired) electrons. The lowest BCUT2D eigenvalue weighted by Gasteiger charge is -2.12. The summed E-state index contributed by atoms with van der Waals surface area (Å²) in [6, 6.07) is 5.15. The summed E-state index contributed by atoms with van der Waals surface area (Å²) in [5, 5.41) is 2.95. The van der Waals surface area contributed by atoms with Crippen molar-refractivity contribution in [3.8, 4) is 5.69 Å². The van der Waals surface area contributed by atoms with Gasteiger partial charge in [-0.1, -0.05) is 13.3 Å². The number of hydrogen-bond donors (Lipinski definition) is 1. The average Bonchev–Trinajstić information content (AvgIpc) is 2.56. The van der Waals surface area contributed by atoms with E-state index in [2.05, 4.69) is 10.3 Å². The molecule has 2 aromatic heterocycles. The minimum atomic E-state index is -0.139. The van der Waals surface area contributed by atoms with Crippen LogP contribution in [0.1, 0.15) is 31.0 Å². The molecule has 0 aliphatic rings. The molecule has 0 aliphatic carbocycles. The van der Waals surface area contributed by atoms with E-state index < -0.39 is 0 Å². The Labute approximate surface area is 135 Å². The lowest BCUT2D eigenvalue weighted by Crippen LogP contribution is -2.18. The van der Waals surface area contributed by atoms with Gasteiger partial charge in [-0.15, -0.1) is 0 Å². The molecule has 0 unspecified atom stereocenters. The largest absolute Gasteiger partial charge is 0.388 e. The molecule has 0 aromatic carbocycles. The van der Waals surface area contributed by atoms with Crippen molar-refractivity contribution in [2.45, 2.75) is 26.7 Å². The SMILES string of the molecule is CCC/C(C=O)=C\c1c(-n2ccc(NC)cc2=O)ccnc1C. The highest BCUT2D eigenvalue weighted by Crippen LogP contribution is 2.20. The Balaban J connectivity index is 2.63. The van der Waals surface area contributed by atoms with E-state index in [1.807, 2.05) is 26.0 Å². The van der Waals surface area contributed by atoms with Gasteiger partial charge in [-0.05, 0) is 37.1 Å². The molecule has 2 heterocycles. The topological polar surface area (TPSA) is 64.0 Å². The van der Waals surface area contributed by atoms with E-state index in [1.54, 1.807) is 30.1 Å².